The minimum Gasteiger partial charge on any atom is -0.254 e. The molecule has 0 radical (unpaired) electrons. The van der Waals surface area contributed by atoms with Crippen LogP contribution in [-0.4, -0.2) is 9.97 Å². The Labute approximate surface area is 251 Å². The summed E-state index contributed by atoms with van der Waals surface area (Å²) in [5.41, 5.74) is 10.9. The second-order valence-electron chi connectivity index (χ2n) is 13.9. The van der Waals surface area contributed by atoms with Crippen LogP contribution >= 0.6 is 0 Å². The Hall–Kier alpha value is -4.82. The van der Waals surface area contributed by atoms with Crippen LogP contribution in [0.2, 0.25) is 0 Å². The summed E-state index contributed by atoms with van der Waals surface area (Å²) in [4.78, 5) is 9.84. The zero-order valence-corrected chi connectivity index (χ0v) is 25.2. The van der Waals surface area contributed by atoms with E-state index in [0.717, 1.165) is 33.1 Å². The lowest BCUT2D eigenvalue weighted by atomic mass is 9.79. The quantitative estimate of drug-likeness (QED) is 0.189. The van der Waals surface area contributed by atoms with Gasteiger partial charge in [0, 0.05) is 27.9 Å². The molecule has 0 N–H and O–H groups in total. The summed E-state index contributed by atoms with van der Waals surface area (Å²) in [5.74, 6) is 0. The Morgan fingerprint density at radius 3 is 2.05 bits per heavy atom. The Kier molecular flexibility index (Phi) is 4.70. The van der Waals surface area contributed by atoms with Gasteiger partial charge in [-0.2, -0.15) is 0 Å². The highest BCUT2D eigenvalue weighted by molar-refractivity contribution is 6.26. The Morgan fingerprint density at radius 1 is 0.605 bits per heavy atom. The molecule has 2 nitrogen and oxygen atoms in total. The van der Waals surface area contributed by atoms with E-state index in [2.05, 4.69) is 131 Å². The normalized spacial score (nSPS) is 14.3. The lowest BCUT2D eigenvalue weighted by Gasteiger charge is -2.24. The first kappa shape index (κ1) is 24.7. The SMILES string of the molecule is CC(C)(C)c1cc2ccc3cc4c(c5ccc(c1)c2c35)-c1ccc(-c2ccc3ccc5cccnc5c3n2)cc1C4(C)C. The van der Waals surface area contributed by atoms with Crippen molar-refractivity contribution < 1.29 is 0 Å². The largest absolute Gasteiger partial charge is 0.254 e. The van der Waals surface area contributed by atoms with E-state index in [-0.39, 0.29) is 10.8 Å². The molecule has 9 rings (SSSR count). The first-order valence-corrected chi connectivity index (χ1v) is 15.2. The lowest BCUT2D eigenvalue weighted by molar-refractivity contribution is 0.591. The standard InChI is InChI=1S/C41H32N2/c1-40(2,3)29-19-26-10-11-28-22-33-37(31-16-13-27(20-29)35(26)36(28)31)30-15-12-25(21-32(30)41(33,4)5)34-17-14-24-9-8-23-7-6-18-42-38(23)39(24)43-34/h6-22H,1-5H3. The summed E-state index contributed by atoms with van der Waals surface area (Å²) in [5, 5.41) is 10.3. The molecule has 0 saturated heterocycles. The van der Waals surface area contributed by atoms with E-state index in [9.17, 15) is 0 Å². The van der Waals surface area contributed by atoms with E-state index in [4.69, 9.17) is 4.98 Å². The highest BCUT2D eigenvalue weighted by Crippen LogP contribution is 2.54. The second-order valence-corrected chi connectivity index (χ2v) is 13.9. The van der Waals surface area contributed by atoms with E-state index >= 15 is 0 Å². The molecule has 0 atom stereocenters. The maximum absolute atomic E-state index is 5.17. The first-order valence-electron chi connectivity index (χ1n) is 15.2. The van der Waals surface area contributed by atoms with Crippen LogP contribution in [-0.2, 0) is 10.8 Å². The van der Waals surface area contributed by atoms with Gasteiger partial charge in [-0.05, 0) is 89.8 Å². The van der Waals surface area contributed by atoms with Crippen molar-refractivity contribution in [2.75, 3.05) is 0 Å². The summed E-state index contributed by atoms with van der Waals surface area (Å²) in [6.45, 7) is 11.6. The Bertz CT molecular complexity index is 2440. The zero-order chi connectivity index (χ0) is 29.2. The molecule has 0 aliphatic heterocycles. The van der Waals surface area contributed by atoms with Crippen molar-refractivity contribution in [2.45, 2.75) is 45.4 Å². The molecule has 0 unspecified atom stereocenters. The van der Waals surface area contributed by atoms with Crippen molar-refractivity contribution >= 4 is 54.1 Å². The monoisotopic (exact) mass is 552 g/mol. The molecule has 43 heavy (non-hydrogen) atoms. The van der Waals surface area contributed by atoms with Gasteiger partial charge in [0.05, 0.1) is 16.7 Å². The molecule has 8 aromatic rings. The number of hydrogen-bond acceptors (Lipinski definition) is 2. The highest BCUT2D eigenvalue weighted by atomic mass is 14.8. The third-order valence-corrected chi connectivity index (χ3v) is 9.95. The topological polar surface area (TPSA) is 25.8 Å². The van der Waals surface area contributed by atoms with Crippen molar-refractivity contribution in [3.63, 3.8) is 0 Å². The summed E-state index contributed by atoms with van der Waals surface area (Å²) in [7, 11) is 0. The van der Waals surface area contributed by atoms with Crippen LogP contribution in [0.25, 0.3) is 76.5 Å². The number of benzene rings is 6. The van der Waals surface area contributed by atoms with Gasteiger partial charge in [0.1, 0.15) is 0 Å². The molecule has 0 saturated carbocycles. The maximum atomic E-state index is 5.17. The molecular formula is C41H32N2. The van der Waals surface area contributed by atoms with Crippen LogP contribution < -0.4 is 0 Å². The summed E-state index contributed by atoms with van der Waals surface area (Å²) in [6.07, 6.45) is 1.85. The number of aromatic nitrogens is 2. The van der Waals surface area contributed by atoms with E-state index in [1.54, 1.807) is 0 Å². The van der Waals surface area contributed by atoms with Gasteiger partial charge in [-0.3, -0.25) is 4.98 Å². The summed E-state index contributed by atoms with van der Waals surface area (Å²) >= 11 is 0. The van der Waals surface area contributed by atoms with Gasteiger partial charge in [0.2, 0.25) is 0 Å². The zero-order valence-electron chi connectivity index (χ0n) is 25.2. The van der Waals surface area contributed by atoms with Gasteiger partial charge in [-0.1, -0.05) is 107 Å². The average molecular weight is 553 g/mol. The molecule has 2 heterocycles. The lowest BCUT2D eigenvalue weighted by Crippen LogP contribution is -2.15. The van der Waals surface area contributed by atoms with Crippen molar-refractivity contribution in [1.29, 1.82) is 0 Å². The van der Waals surface area contributed by atoms with Gasteiger partial charge in [-0.25, -0.2) is 4.98 Å². The van der Waals surface area contributed by atoms with Crippen molar-refractivity contribution in [2.24, 2.45) is 0 Å². The molecule has 0 spiro atoms. The number of fused-ring (bicyclic) bond motifs is 7. The fourth-order valence-electron chi connectivity index (χ4n) is 7.58. The minimum absolute atomic E-state index is 0.107. The number of rotatable bonds is 1. The van der Waals surface area contributed by atoms with E-state index in [0.29, 0.717) is 0 Å². The molecule has 1 aliphatic carbocycles. The van der Waals surface area contributed by atoms with Gasteiger partial charge in [0.25, 0.3) is 0 Å². The van der Waals surface area contributed by atoms with Crippen molar-refractivity contribution in [3.8, 4) is 22.4 Å². The summed E-state index contributed by atoms with van der Waals surface area (Å²) in [6, 6.07) is 36.3. The fraction of sp³-hybridized carbons (Fsp3) is 0.171. The van der Waals surface area contributed by atoms with Crippen molar-refractivity contribution in [1.82, 2.24) is 9.97 Å². The Morgan fingerprint density at radius 2 is 1.28 bits per heavy atom. The van der Waals surface area contributed by atoms with Crippen LogP contribution in [0.4, 0.5) is 0 Å². The first-order chi connectivity index (χ1) is 20.7. The maximum Gasteiger partial charge on any atom is 0.0972 e. The van der Waals surface area contributed by atoms with Crippen LogP contribution in [0.15, 0.2) is 103 Å². The summed E-state index contributed by atoms with van der Waals surface area (Å²) < 4.78 is 0. The highest BCUT2D eigenvalue weighted by Gasteiger charge is 2.37. The van der Waals surface area contributed by atoms with Gasteiger partial charge >= 0.3 is 0 Å². The third-order valence-electron chi connectivity index (χ3n) is 9.95. The predicted octanol–water partition coefficient (Wildman–Crippen LogP) is 11.0. The van der Waals surface area contributed by atoms with Crippen molar-refractivity contribution in [3.05, 3.63) is 120 Å². The van der Waals surface area contributed by atoms with Gasteiger partial charge in [0.15, 0.2) is 0 Å². The molecule has 0 bridgehead atoms. The molecule has 0 amide bonds. The molecule has 2 heteroatoms. The number of hydrogen-bond donors (Lipinski definition) is 0. The average Bonchev–Trinajstić information content (AvgIpc) is 3.24. The third kappa shape index (κ3) is 3.35. The number of pyridine rings is 2. The molecule has 206 valence electrons. The molecule has 0 fully saturated rings. The number of nitrogens with zero attached hydrogens (tertiary/aromatic N) is 2. The van der Waals surface area contributed by atoms with Gasteiger partial charge < -0.3 is 0 Å². The molecule has 2 aromatic heterocycles. The Balaban J connectivity index is 1.27. The van der Waals surface area contributed by atoms with Crippen LogP contribution in [0, 0.1) is 0 Å². The van der Waals surface area contributed by atoms with E-state index < -0.39 is 0 Å². The smallest absolute Gasteiger partial charge is 0.0972 e. The van der Waals surface area contributed by atoms with E-state index in [1.165, 1.54) is 60.1 Å². The van der Waals surface area contributed by atoms with E-state index in [1.807, 2.05) is 12.3 Å². The van der Waals surface area contributed by atoms with Crippen LogP contribution in [0.5, 0.6) is 0 Å². The molecular weight excluding hydrogens is 520 g/mol. The van der Waals surface area contributed by atoms with Crippen LogP contribution in [0.1, 0.15) is 51.3 Å². The van der Waals surface area contributed by atoms with Crippen LogP contribution in [0.3, 0.4) is 0 Å². The second kappa shape index (κ2) is 8.17. The fourth-order valence-corrected chi connectivity index (χ4v) is 7.58. The minimum atomic E-state index is -0.129. The molecule has 6 aromatic carbocycles. The van der Waals surface area contributed by atoms with Gasteiger partial charge in [-0.15, -0.1) is 0 Å². The predicted molar refractivity (Wildman–Crippen MR) is 182 cm³/mol. The molecule has 1 aliphatic rings.